The largest absolute Gasteiger partial charge is 0.494 e. The zero-order chi connectivity index (χ0) is 10.4. The molecule has 0 aliphatic heterocycles. The highest BCUT2D eigenvalue weighted by molar-refractivity contribution is 6.18. The molecule has 0 amide bonds. The number of halogens is 1. The summed E-state index contributed by atoms with van der Waals surface area (Å²) >= 11 is 5.63. The maximum absolute atomic E-state index is 5.63. The van der Waals surface area contributed by atoms with Crippen LogP contribution in [0, 0.1) is 0 Å². The fourth-order valence-electron chi connectivity index (χ4n) is 1.04. The van der Waals surface area contributed by atoms with E-state index in [2.05, 4.69) is 0 Å². The van der Waals surface area contributed by atoms with Crippen LogP contribution < -0.4 is 9.47 Å². The standard InChI is InChI=1S/C11H15ClO2/c1-3-13-10-4-6-11(7-5-10)14-9(2)8-12/h4-7,9H,3,8H2,1-2H3. The van der Waals surface area contributed by atoms with Gasteiger partial charge in [-0.05, 0) is 38.1 Å². The zero-order valence-corrected chi connectivity index (χ0v) is 9.25. The lowest BCUT2D eigenvalue weighted by Gasteiger charge is -2.11. The van der Waals surface area contributed by atoms with Gasteiger partial charge in [0.25, 0.3) is 0 Å². The molecular weight excluding hydrogens is 200 g/mol. The highest BCUT2D eigenvalue weighted by Gasteiger charge is 2.01. The first-order chi connectivity index (χ1) is 6.76. The molecule has 0 aromatic heterocycles. The first-order valence-corrected chi connectivity index (χ1v) is 5.25. The number of rotatable bonds is 5. The number of alkyl halides is 1. The van der Waals surface area contributed by atoms with Crippen molar-refractivity contribution < 1.29 is 9.47 Å². The van der Waals surface area contributed by atoms with Crippen LogP contribution in [0.25, 0.3) is 0 Å². The third-order valence-electron chi connectivity index (χ3n) is 1.69. The van der Waals surface area contributed by atoms with Gasteiger partial charge in [0, 0.05) is 0 Å². The quantitative estimate of drug-likeness (QED) is 0.702. The lowest BCUT2D eigenvalue weighted by atomic mass is 10.3. The van der Waals surface area contributed by atoms with Crippen LogP contribution in [0.15, 0.2) is 24.3 Å². The number of benzene rings is 1. The van der Waals surface area contributed by atoms with E-state index in [-0.39, 0.29) is 6.10 Å². The van der Waals surface area contributed by atoms with Gasteiger partial charge in [-0.3, -0.25) is 0 Å². The van der Waals surface area contributed by atoms with Crippen LogP contribution in [0.4, 0.5) is 0 Å². The van der Waals surface area contributed by atoms with Crippen LogP contribution in [-0.4, -0.2) is 18.6 Å². The highest BCUT2D eigenvalue weighted by atomic mass is 35.5. The van der Waals surface area contributed by atoms with E-state index < -0.39 is 0 Å². The SMILES string of the molecule is CCOc1ccc(OC(C)CCl)cc1. The van der Waals surface area contributed by atoms with Crippen molar-refractivity contribution >= 4 is 11.6 Å². The molecule has 1 aromatic rings. The second-order valence-corrected chi connectivity index (χ2v) is 3.30. The Bertz CT molecular complexity index is 258. The second-order valence-electron chi connectivity index (χ2n) is 2.99. The zero-order valence-electron chi connectivity index (χ0n) is 8.50. The van der Waals surface area contributed by atoms with Gasteiger partial charge in [-0.2, -0.15) is 0 Å². The molecule has 0 spiro atoms. The molecule has 0 heterocycles. The van der Waals surface area contributed by atoms with Crippen LogP contribution in [-0.2, 0) is 0 Å². The highest BCUT2D eigenvalue weighted by Crippen LogP contribution is 2.18. The van der Waals surface area contributed by atoms with E-state index in [1.165, 1.54) is 0 Å². The van der Waals surface area contributed by atoms with E-state index in [9.17, 15) is 0 Å². The summed E-state index contributed by atoms with van der Waals surface area (Å²) in [5.41, 5.74) is 0. The van der Waals surface area contributed by atoms with Gasteiger partial charge in [0.1, 0.15) is 17.6 Å². The number of ether oxygens (including phenoxy) is 2. The lowest BCUT2D eigenvalue weighted by molar-refractivity contribution is 0.245. The third-order valence-corrected chi connectivity index (χ3v) is 2.12. The number of hydrogen-bond donors (Lipinski definition) is 0. The Balaban J connectivity index is 2.54. The average molecular weight is 215 g/mol. The molecular formula is C11H15ClO2. The smallest absolute Gasteiger partial charge is 0.120 e. The van der Waals surface area contributed by atoms with Gasteiger partial charge in [0.15, 0.2) is 0 Å². The molecule has 0 aliphatic rings. The van der Waals surface area contributed by atoms with Crippen LogP contribution in [0.2, 0.25) is 0 Å². The fraction of sp³-hybridized carbons (Fsp3) is 0.455. The first-order valence-electron chi connectivity index (χ1n) is 4.71. The molecule has 0 bridgehead atoms. The van der Waals surface area contributed by atoms with Crippen molar-refractivity contribution in [3.8, 4) is 11.5 Å². The summed E-state index contributed by atoms with van der Waals surface area (Å²) in [6.45, 7) is 4.57. The predicted molar refractivity (Wildman–Crippen MR) is 58.4 cm³/mol. The van der Waals surface area contributed by atoms with Gasteiger partial charge < -0.3 is 9.47 Å². The van der Waals surface area contributed by atoms with Gasteiger partial charge >= 0.3 is 0 Å². The van der Waals surface area contributed by atoms with E-state index in [0.29, 0.717) is 12.5 Å². The summed E-state index contributed by atoms with van der Waals surface area (Å²) in [6.07, 6.45) is 0.0367. The van der Waals surface area contributed by atoms with Crippen molar-refractivity contribution in [3.05, 3.63) is 24.3 Å². The molecule has 0 saturated carbocycles. The average Bonchev–Trinajstić information content (AvgIpc) is 2.21. The summed E-state index contributed by atoms with van der Waals surface area (Å²) in [7, 11) is 0. The van der Waals surface area contributed by atoms with Crippen molar-refractivity contribution in [2.75, 3.05) is 12.5 Å². The predicted octanol–water partition coefficient (Wildman–Crippen LogP) is 3.09. The molecule has 1 aromatic carbocycles. The van der Waals surface area contributed by atoms with Crippen LogP contribution in [0.1, 0.15) is 13.8 Å². The summed E-state index contributed by atoms with van der Waals surface area (Å²) in [4.78, 5) is 0. The van der Waals surface area contributed by atoms with E-state index >= 15 is 0 Å². The molecule has 0 radical (unpaired) electrons. The van der Waals surface area contributed by atoms with Crippen molar-refractivity contribution in [2.45, 2.75) is 20.0 Å². The molecule has 78 valence electrons. The second kappa shape index (κ2) is 5.76. The molecule has 0 saturated heterocycles. The Labute approximate surface area is 89.8 Å². The van der Waals surface area contributed by atoms with Crippen molar-refractivity contribution in [2.24, 2.45) is 0 Å². The lowest BCUT2D eigenvalue weighted by Crippen LogP contribution is -2.12. The topological polar surface area (TPSA) is 18.5 Å². The maximum Gasteiger partial charge on any atom is 0.120 e. The maximum atomic E-state index is 5.63. The minimum Gasteiger partial charge on any atom is -0.494 e. The summed E-state index contributed by atoms with van der Waals surface area (Å²) in [5.74, 6) is 2.17. The molecule has 1 rings (SSSR count). The molecule has 0 N–H and O–H groups in total. The van der Waals surface area contributed by atoms with Crippen LogP contribution >= 0.6 is 11.6 Å². The minimum atomic E-state index is 0.0367. The van der Waals surface area contributed by atoms with Gasteiger partial charge in [-0.25, -0.2) is 0 Å². The van der Waals surface area contributed by atoms with Crippen molar-refractivity contribution in [3.63, 3.8) is 0 Å². The van der Waals surface area contributed by atoms with E-state index in [1.54, 1.807) is 0 Å². The molecule has 0 fully saturated rings. The molecule has 2 nitrogen and oxygen atoms in total. The van der Waals surface area contributed by atoms with Crippen LogP contribution in [0.5, 0.6) is 11.5 Å². The van der Waals surface area contributed by atoms with Crippen molar-refractivity contribution in [1.82, 2.24) is 0 Å². The fourth-order valence-corrected chi connectivity index (χ4v) is 1.11. The number of hydrogen-bond acceptors (Lipinski definition) is 2. The Morgan fingerprint density at radius 1 is 1.21 bits per heavy atom. The Kier molecular flexibility index (Phi) is 4.60. The molecule has 0 aliphatic carbocycles. The third kappa shape index (κ3) is 3.46. The monoisotopic (exact) mass is 214 g/mol. The molecule has 14 heavy (non-hydrogen) atoms. The van der Waals surface area contributed by atoms with E-state index in [0.717, 1.165) is 11.5 Å². The van der Waals surface area contributed by atoms with Crippen molar-refractivity contribution in [1.29, 1.82) is 0 Å². The Hall–Kier alpha value is -0.890. The molecule has 1 atom stereocenters. The Morgan fingerprint density at radius 3 is 2.29 bits per heavy atom. The van der Waals surface area contributed by atoms with E-state index in [4.69, 9.17) is 21.1 Å². The van der Waals surface area contributed by atoms with Gasteiger partial charge in [-0.1, -0.05) is 0 Å². The summed E-state index contributed by atoms with van der Waals surface area (Å²) < 4.78 is 10.8. The van der Waals surface area contributed by atoms with E-state index in [1.807, 2.05) is 38.1 Å². The molecule has 1 unspecified atom stereocenters. The van der Waals surface area contributed by atoms with Gasteiger partial charge in [-0.15, -0.1) is 11.6 Å². The summed E-state index contributed by atoms with van der Waals surface area (Å²) in [6, 6.07) is 7.54. The van der Waals surface area contributed by atoms with Crippen LogP contribution in [0.3, 0.4) is 0 Å². The first kappa shape index (κ1) is 11.2. The summed E-state index contributed by atoms with van der Waals surface area (Å²) in [5, 5.41) is 0. The minimum absolute atomic E-state index is 0.0367. The van der Waals surface area contributed by atoms with Gasteiger partial charge in [0.05, 0.1) is 12.5 Å². The normalized spacial score (nSPS) is 12.2. The Morgan fingerprint density at radius 2 is 1.79 bits per heavy atom. The molecule has 3 heteroatoms. The van der Waals surface area contributed by atoms with Gasteiger partial charge in [0.2, 0.25) is 0 Å².